The van der Waals surface area contributed by atoms with Crippen LogP contribution in [0.1, 0.15) is 6.92 Å². The molecule has 40 valence electrons. The molecule has 0 heterocycles. The van der Waals surface area contributed by atoms with Gasteiger partial charge in [0.05, 0.1) is 6.61 Å². The second-order valence-electron chi connectivity index (χ2n) is 0.799. The first-order valence-electron chi connectivity index (χ1n) is 1.83. The zero-order valence-corrected chi connectivity index (χ0v) is 3.92. The summed E-state index contributed by atoms with van der Waals surface area (Å²) in [6.45, 7) is 1.87. The third-order valence-electron chi connectivity index (χ3n) is 0.349. The fourth-order valence-electron chi connectivity index (χ4n) is 0.152. The van der Waals surface area contributed by atoms with Crippen molar-refractivity contribution in [2.75, 3.05) is 6.61 Å². The standard InChI is InChI=1S/C3H5N2O2/c1-2-7-3(6)5-4/h2H2,1H3/q-1. The highest BCUT2D eigenvalue weighted by atomic mass is 16.5. The lowest BCUT2D eigenvalue weighted by Gasteiger charge is -1.93. The molecule has 0 radical (unpaired) electrons. The van der Waals surface area contributed by atoms with E-state index in [1.807, 2.05) is 0 Å². The van der Waals surface area contributed by atoms with E-state index in [2.05, 4.69) is 9.85 Å². The maximum absolute atomic E-state index is 9.77. The van der Waals surface area contributed by atoms with Gasteiger partial charge in [0.15, 0.2) is 0 Å². The van der Waals surface area contributed by atoms with E-state index in [1.165, 1.54) is 0 Å². The lowest BCUT2D eigenvalue weighted by molar-refractivity contribution is 0.163. The number of amides is 1. The van der Waals surface area contributed by atoms with Crippen molar-refractivity contribution >= 4 is 6.09 Å². The Kier molecular flexibility index (Phi) is 2.83. The average Bonchev–Trinajstić information content (AvgIpc) is 1.68. The van der Waals surface area contributed by atoms with Gasteiger partial charge in [-0.25, -0.2) is 4.79 Å². The van der Waals surface area contributed by atoms with E-state index >= 15 is 0 Å². The van der Waals surface area contributed by atoms with Crippen LogP contribution in [-0.4, -0.2) is 12.7 Å². The summed E-state index contributed by atoms with van der Waals surface area (Å²) in [5, 5.41) is 2.22. The molecule has 0 rings (SSSR count). The van der Waals surface area contributed by atoms with Crippen LogP contribution in [0, 0.1) is 0 Å². The Labute approximate surface area is 41.0 Å². The third-order valence-corrected chi connectivity index (χ3v) is 0.349. The van der Waals surface area contributed by atoms with E-state index < -0.39 is 6.09 Å². The number of hydrogen-bond acceptors (Lipinski definition) is 2. The van der Waals surface area contributed by atoms with Crippen molar-refractivity contribution in [1.82, 2.24) is 0 Å². The number of hydrogen-bond donors (Lipinski definition) is 0. The molecule has 4 nitrogen and oxygen atoms in total. The van der Waals surface area contributed by atoms with Crippen LogP contribution in [0.4, 0.5) is 4.79 Å². The minimum atomic E-state index is -0.942. The lowest BCUT2D eigenvalue weighted by atomic mass is 10.9. The monoisotopic (exact) mass is 101 g/mol. The highest BCUT2D eigenvalue weighted by Crippen LogP contribution is 1.79. The zero-order valence-electron chi connectivity index (χ0n) is 3.92. The van der Waals surface area contributed by atoms with Gasteiger partial charge in [-0.1, -0.05) is 0 Å². The Balaban J connectivity index is 3.17. The zero-order chi connectivity index (χ0) is 5.70. The largest absolute Gasteiger partial charge is 0.701 e. The molecule has 0 aromatic heterocycles. The number of rotatable bonds is 1. The summed E-state index contributed by atoms with van der Waals surface area (Å²) in [5.74, 6) is 0. The summed E-state index contributed by atoms with van der Waals surface area (Å²) in [4.78, 5) is 9.77. The normalized spacial score (nSPS) is 7.57. The van der Waals surface area contributed by atoms with E-state index in [0.717, 1.165) is 0 Å². The molecule has 4 heteroatoms. The number of nitrogens with zero attached hydrogens (tertiary/aromatic N) is 2. The van der Waals surface area contributed by atoms with Gasteiger partial charge in [0.1, 0.15) is 0 Å². The molecule has 0 bridgehead atoms. The van der Waals surface area contributed by atoms with Crippen LogP contribution >= 0.6 is 0 Å². The van der Waals surface area contributed by atoms with Crippen LogP contribution in [0.2, 0.25) is 0 Å². The van der Waals surface area contributed by atoms with E-state index in [9.17, 15) is 4.79 Å². The summed E-state index contributed by atoms with van der Waals surface area (Å²) < 4.78 is 4.14. The maximum atomic E-state index is 9.77. The Morgan fingerprint density at radius 3 is 2.71 bits per heavy atom. The summed E-state index contributed by atoms with van der Waals surface area (Å²) >= 11 is 0. The molecule has 0 saturated carbocycles. The smallest absolute Gasteiger partial charge is 0.413 e. The predicted molar refractivity (Wildman–Crippen MR) is 22.8 cm³/mol. The molecule has 0 N–H and O–H groups in total. The van der Waals surface area contributed by atoms with Crippen molar-refractivity contribution in [1.29, 1.82) is 0 Å². The SMILES string of the molecule is CCOC(=O)N=[N-]. The van der Waals surface area contributed by atoms with Gasteiger partial charge in [-0.15, -0.1) is 0 Å². The van der Waals surface area contributed by atoms with Gasteiger partial charge in [-0.3, -0.25) is 0 Å². The first-order valence-corrected chi connectivity index (χ1v) is 1.83. The molecule has 0 saturated heterocycles. The van der Waals surface area contributed by atoms with Crippen LogP contribution < -0.4 is 0 Å². The maximum Gasteiger partial charge on any atom is 0.413 e. The molecule has 0 aliphatic rings. The molecule has 7 heavy (non-hydrogen) atoms. The molecule has 0 aromatic rings. The summed E-state index contributed by atoms with van der Waals surface area (Å²) in [6, 6.07) is 0. The van der Waals surface area contributed by atoms with Crippen LogP contribution in [0.3, 0.4) is 0 Å². The molecule has 0 fully saturated rings. The Bertz CT molecular complexity index is 81.0. The molecule has 0 atom stereocenters. The third kappa shape index (κ3) is 2.88. The van der Waals surface area contributed by atoms with Crippen LogP contribution in [0.25, 0.3) is 5.53 Å². The summed E-state index contributed by atoms with van der Waals surface area (Å²) in [6.07, 6.45) is -0.942. The summed E-state index contributed by atoms with van der Waals surface area (Å²) in [7, 11) is 0. The highest BCUT2D eigenvalue weighted by molar-refractivity contribution is 5.67. The number of ether oxygens (including phenoxy) is 1. The lowest BCUT2D eigenvalue weighted by Crippen LogP contribution is -1.94. The van der Waals surface area contributed by atoms with Gasteiger partial charge in [-0.2, -0.15) is 0 Å². The molecule has 1 amide bonds. The fourth-order valence-corrected chi connectivity index (χ4v) is 0.152. The quantitative estimate of drug-likeness (QED) is 0.465. The Morgan fingerprint density at radius 2 is 2.57 bits per heavy atom. The van der Waals surface area contributed by atoms with E-state index in [1.54, 1.807) is 6.92 Å². The van der Waals surface area contributed by atoms with Gasteiger partial charge in [0.25, 0.3) is 0 Å². The van der Waals surface area contributed by atoms with Crippen molar-refractivity contribution in [3.8, 4) is 0 Å². The van der Waals surface area contributed by atoms with Gasteiger partial charge in [0.2, 0.25) is 0 Å². The van der Waals surface area contributed by atoms with Crippen molar-refractivity contribution < 1.29 is 9.53 Å². The molecule has 0 spiro atoms. The minimum absolute atomic E-state index is 0.239. The van der Waals surface area contributed by atoms with Gasteiger partial charge in [0, 0.05) is 0 Å². The topological polar surface area (TPSA) is 61.0 Å². The van der Waals surface area contributed by atoms with Crippen molar-refractivity contribution in [3.63, 3.8) is 0 Å². The van der Waals surface area contributed by atoms with Crippen LogP contribution in [0.15, 0.2) is 5.11 Å². The van der Waals surface area contributed by atoms with Crippen molar-refractivity contribution in [2.45, 2.75) is 6.92 Å². The average molecular weight is 101 g/mol. The van der Waals surface area contributed by atoms with E-state index in [4.69, 9.17) is 5.53 Å². The number of carbonyl (C=O) groups excluding carboxylic acids is 1. The predicted octanol–water partition coefficient (Wildman–Crippen LogP) is 1.16. The van der Waals surface area contributed by atoms with Gasteiger partial charge >= 0.3 is 6.09 Å². The van der Waals surface area contributed by atoms with Gasteiger partial charge in [-0.05, 0) is 6.92 Å². The molecule has 0 aliphatic heterocycles. The highest BCUT2D eigenvalue weighted by Gasteiger charge is 1.85. The van der Waals surface area contributed by atoms with E-state index in [-0.39, 0.29) is 6.61 Å². The fraction of sp³-hybridized carbons (Fsp3) is 0.667. The molecule has 0 aliphatic carbocycles. The van der Waals surface area contributed by atoms with Crippen molar-refractivity contribution in [3.05, 3.63) is 5.53 Å². The van der Waals surface area contributed by atoms with Crippen LogP contribution in [0.5, 0.6) is 0 Å². The molecular formula is C3H5N2O2-. The first kappa shape index (κ1) is 6.07. The Morgan fingerprint density at radius 1 is 2.00 bits per heavy atom. The summed E-state index contributed by atoms with van der Waals surface area (Å²) in [5.41, 5.74) is 7.62. The minimum Gasteiger partial charge on any atom is -0.701 e. The molecule has 0 unspecified atom stereocenters. The first-order chi connectivity index (χ1) is 3.31. The second kappa shape index (κ2) is 3.27. The van der Waals surface area contributed by atoms with Crippen molar-refractivity contribution in [2.24, 2.45) is 5.11 Å². The van der Waals surface area contributed by atoms with Crippen LogP contribution in [-0.2, 0) is 4.74 Å². The Hall–Kier alpha value is -0.930. The van der Waals surface area contributed by atoms with E-state index in [0.29, 0.717) is 0 Å². The van der Waals surface area contributed by atoms with Gasteiger partial charge < -0.3 is 15.4 Å². The number of carbonyl (C=O) groups is 1. The second-order valence-corrected chi connectivity index (χ2v) is 0.799. The molecular weight excluding hydrogens is 96.0 g/mol. The molecule has 0 aromatic carbocycles.